The summed E-state index contributed by atoms with van der Waals surface area (Å²) < 4.78 is 0. The summed E-state index contributed by atoms with van der Waals surface area (Å²) in [4.78, 5) is 0. The van der Waals surface area contributed by atoms with Gasteiger partial charge in [-0.15, -0.1) is 0 Å². The van der Waals surface area contributed by atoms with Crippen molar-refractivity contribution in [3.8, 4) is 33.4 Å². The van der Waals surface area contributed by atoms with Crippen molar-refractivity contribution >= 4 is 50.0 Å². The first-order valence-electron chi connectivity index (χ1n) is 19.3. The van der Waals surface area contributed by atoms with E-state index in [1.807, 2.05) is 12.1 Å². The molecule has 0 heteroatoms. The Bertz CT molecular complexity index is 3140. The molecule has 56 heavy (non-hydrogen) atoms. The summed E-state index contributed by atoms with van der Waals surface area (Å²) >= 11 is 0. The molecule has 0 radical (unpaired) electrons. The Labute approximate surface area is 329 Å². The van der Waals surface area contributed by atoms with Crippen LogP contribution < -0.4 is 10.4 Å². The Kier molecular flexibility index (Phi) is 9.09. The molecule has 0 spiro atoms. The molecule has 0 bridgehead atoms. The summed E-state index contributed by atoms with van der Waals surface area (Å²) in [6, 6.07) is 66.4. The van der Waals surface area contributed by atoms with Crippen molar-refractivity contribution in [1.82, 2.24) is 0 Å². The molecule has 0 saturated heterocycles. The topological polar surface area (TPSA) is 0 Å². The van der Waals surface area contributed by atoms with Crippen LogP contribution in [0.4, 0.5) is 0 Å². The van der Waals surface area contributed by atoms with Crippen LogP contribution in [0.2, 0.25) is 0 Å². The quantitative estimate of drug-likeness (QED) is 0.144. The fourth-order valence-electron chi connectivity index (χ4n) is 8.55. The Morgan fingerprint density at radius 1 is 0.464 bits per heavy atom. The summed E-state index contributed by atoms with van der Waals surface area (Å²) in [6.07, 6.45) is 4.20. The summed E-state index contributed by atoms with van der Waals surface area (Å²) in [5.74, 6) is 0. The molecule has 9 aromatic rings. The van der Waals surface area contributed by atoms with Gasteiger partial charge in [0.1, 0.15) is 0 Å². The van der Waals surface area contributed by atoms with E-state index in [1.165, 1.54) is 88.0 Å². The minimum absolute atomic E-state index is 0.986. The van der Waals surface area contributed by atoms with Gasteiger partial charge in [-0.05, 0) is 148 Å². The number of hydrogen-bond donors (Lipinski definition) is 0. The molecule has 0 atom stereocenters. The van der Waals surface area contributed by atoms with Gasteiger partial charge in [0.25, 0.3) is 0 Å². The monoisotopic (exact) mass is 714 g/mol. The van der Waals surface area contributed by atoms with E-state index in [2.05, 4.69) is 209 Å². The Balaban J connectivity index is 1.34. The van der Waals surface area contributed by atoms with E-state index in [0.29, 0.717) is 0 Å². The van der Waals surface area contributed by atoms with Gasteiger partial charge >= 0.3 is 0 Å². The van der Waals surface area contributed by atoms with Crippen LogP contribution in [0.25, 0.3) is 83.4 Å². The SMILES string of the molecule is C=C/C(c1cccc(-c2c3ccccc3c(-c3cccc(/C(=C/C)c4ccccc4C)c3)c3cc(-c4ccc5ccccc5c4)ccc23)c1)=c1/ccccc1=C. The van der Waals surface area contributed by atoms with E-state index in [4.69, 9.17) is 0 Å². The van der Waals surface area contributed by atoms with E-state index in [-0.39, 0.29) is 0 Å². The molecule has 0 aliphatic carbocycles. The highest BCUT2D eigenvalue weighted by molar-refractivity contribution is 6.22. The van der Waals surface area contributed by atoms with E-state index < -0.39 is 0 Å². The van der Waals surface area contributed by atoms with E-state index >= 15 is 0 Å². The molecule has 266 valence electrons. The second kappa shape index (κ2) is 14.7. The zero-order valence-corrected chi connectivity index (χ0v) is 31.9. The highest BCUT2D eigenvalue weighted by Gasteiger charge is 2.19. The first kappa shape index (κ1) is 34.7. The van der Waals surface area contributed by atoms with Crippen molar-refractivity contribution in [2.75, 3.05) is 0 Å². The van der Waals surface area contributed by atoms with Crippen LogP contribution in [0.5, 0.6) is 0 Å². The molecule has 0 fully saturated rings. The minimum atomic E-state index is 0.986. The summed E-state index contributed by atoms with van der Waals surface area (Å²) in [5.41, 5.74) is 14.4. The standard InChI is InChI=1S/C56H42/c1-5-47(49-25-11-7-17-37(49)3)43-21-15-23-45(34-43)55-51-27-13-14-28-52(51)56(46-24-16-22-44(35-46)48(6-2)50-26-12-8-18-38(50)4)54-36-42(31-32-53(54)55)41-30-29-39-19-9-10-20-40(39)33-41/h5-36H,1,3H2,2,4H3/b48-6-,49-47+. The Morgan fingerprint density at radius 2 is 1.05 bits per heavy atom. The number of benzene rings is 9. The molecule has 0 saturated carbocycles. The van der Waals surface area contributed by atoms with Crippen LogP contribution in [-0.4, -0.2) is 0 Å². The number of allylic oxidation sites excluding steroid dienone is 2. The van der Waals surface area contributed by atoms with Crippen LogP contribution in [-0.2, 0) is 0 Å². The van der Waals surface area contributed by atoms with Gasteiger partial charge in [0.2, 0.25) is 0 Å². The molecule has 0 N–H and O–H groups in total. The summed E-state index contributed by atoms with van der Waals surface area (Å²) in [7, 11) is 0. The predicted octanol–water partition coefficient (Wildman–Crippen LogP) is 13.7. The first-order valence-corrected chi connectivity index (χ1v) is 19.3. The molecule has 0 unspecified atom stereocenters. The second-order valence-corrected chi connectivity index (χ2v) is 14.6. The van der Waals surface area contributed by atoms with E-state index in [0.717, 1.165) is 21.6 Å². The highest BCUT2D eigenvalue weighted by Crippen LogP contribution is 2.46. The van der Waals surface area contributed by atoms with Gasteiger partial charge in [-0.2, -0.15) is 0 Å². The maximum absolute atomic E-state index is 4.34. The Morgan fingerprint density at radius 3 is 1.79 bits per heavy atom. The lowest BCUT2D eigenvalue weighted by atomic mass is 9.83. The van der Waals surface area contributed by atoms with Crippen LogP contribution in [0.1, 0.15) is 29.2 Å². The highest BCUT2D eigenvalue weighted by atomic mass is 14.2. The maximum Gasteiger partial charge on any atom is -0.00259 e. The number of fused-ring (bicyclic) bond motifs is 3. The zero-order chi connectivity index (χ0) is 38.2. The average Bonchev–Trinajstić information content (AvgIpc) is 3.24. The molecule has 0 heterocycles. The van der Waals surface area contributed by atoms with Crippen LogP contribution >= 0.6 is 0 Å². The molecular weight excluding hydrogens is 673 g/mol. The summed E-state index contributed by atoms with van der Waals surface area (Å²) in [5, 5.41) is 9.45. The molecule has 0 aliphatic heterocycles. The van der Waals surface area contributed by atoms with E-state index in [9.17, 15) is 0 Å². The van der Waals surface area contributed by atoms with Crippen LogP contribution in [0.15, 0.2) is 201 Å². The Hall–Kier alpha value is -7.02. The van der Waals surface area contributed by atoms with Gasteiger partial charge in [0, 0.05) is 0 Å². The first-order chi connectivity index (χ1) is 27.5. The van der Waals surface area contributed by atoms with Gasteiger partial charge in [-0.1, -0.05) is 183 Å². The van der Waals surface area contributed by atoms with Crippen molar-refractivity contribution in [2.24, 2.45) is 0 Å². The third kappa shape index (κ3) is 6.16. The van der Waals surface area contributed by atoms with Gasteiger partial charge in [-0.25, -0.2) is 0 Å². The van der Waals surface area contributed by atoms with Gasteiger partial charge < -0.3 is 0 Å². The molecular formula is C56H42. The number of hydrogen-bond acceptors (Lipinski definition) is 0. The van der Waals surface area contributed by atoms with Crippen LogP contribution in [0.3, 0.4) is 0 Å². The molecule has 0 aliphatic rings. The lowest BCUT2D eigenvalue weighted by Crippen LogP contribution is -2.24. The number of aryl methyl sites for hydroxylation is 1. The fourth-order valence-corrected chi connectivity index (χ4v) is 8.55. The zero-order valence-electron chi connectivity index (χ0n) is 31.9. The normalized spacial score (nSPS) is 12.3. The second-order valence-electron chi connectivity index (χ2n) is 14.6. The third-order valence-corrected chi connectivity index (χ3v) is 11.3. The molecule has 0 aromatic heterocycles. The van der Waals surface area contributed by atoms with Crippen molar-refractivity contribution in [2.45, 2.75) is 13.8 Å². The molecule has 9 rings (SSSR count). The van der Waals surface area contributed by atoms with Crippen LogP contribution in [0, 0.1) is 6.92 Å². The van der Waals surface area contributed by atoms with Crippen molar-refractivity contribution in [1.29, 1.82) is 0 Å². The number of rotatable bonds is 7. The fraction of sp³-hybridized carbons (Fsp3) is 0.0357. The lowest BCUT2D eigenvalue weighted by Gasteiger charge is -2.20. The largest absolute Gasteiger partial charge is 0.0984 e. The molecule has 0 nitrogen and oxygen atoms in total. The third-order valence-electron chi connectivity index (χ3n) is 11.3. The maximum atomic E-state index is 4.34. The van der Waals surface area contributed by atoms with Gasteiger partial charge in [0.05, 0.1) is 0 Å². The van der Waals surface area contributed by atoms with Crippen molar-refractivity contribution < 1.29 is 0 Å². The van der Waals surface area contributed by atoms with Crippen molar-refractivity contribution in [3.05, 3.63) is 233 Å². The van der Waals surface area contributed by atoms with Crippen molar-refractivity contribution in [3.63, 3.8) is 0 Å². The minimum Gasteiger partial charge on any atom is -0.0984 e. The summed E-state index contributed by atoms with van der Waals surface area (Å²) in [6.45, 7) is 12.9. The average molecular weight is 715 g/mol. The smallest absolute Gasteiger partial charge is 0.00259 e. The van der Waals surface area contributed by atoms with Gasteiger partial charge in [-0.3, -0.25) is 0 Å². The van der Waals surface area contributed by atoms with E-state index in [1.54, 1.807) is 0 Å². The molecule has 9 aromatic carbocycles. The lowest BCUT2D eigenvalue weighted by molar-refractivity contribution is 1.41. The van der Waals surface area contributed by atoms with Gasteiger partial charge in [0.15, 0.2) is 0 Å². The predicted molar refractivity (Wildman–Crippen MR) is 243 cm³/mol. The molecule has 0 amide bonds.